The molecule has 6 N–H and O–H groups in total. The van der Waals surface area contributed by atoms with Gasteiger partial charge >= 0.3 is 5.97 Å². The van der Waals surface area contributed by atoms with Crippen molar-refractivity contribution in [2.45, 2.75) is 12.6 Å². The fraction of sp³-hybridized carbons (Fsp3) is 0.217. The molecule has 0 aliphatic carbocycles. The first-order chi connectivity index (χ1) is 16.4. The van der Waals surface area contributed by atoms with Crippen molar-refractivity contribution in [3.63, 3.8) is 0 Å². The summed E-state index contributed by atoms with van der Waals surface area (Å²) < 4.78 is 0. The highest BCUT2D eigenvalue weighted by Crippen LogP contribution is 2.20. The molecule has 11 nitrogen and oxygen atoms in total. The van der Waals surface area contributed by atoms with Crippen LogP contribution in [0.25, 0.3) is 11.1 Å². The van der Waals surface area contributed by atoms with Gasteiger partial charge in [-0.2, -0.15) is 5.10 Å². The van der Waals surface area contributed by atoms with Crippen molar-refractivity contribution in [2.24, 2.45) is 0 Å². The lowest BCUT2D eigenvalue weighted by Gasteiger charge is -2.24. The minimum atomic E-state index is -1.72. The molecule has 1 heterocycles. The lowest BCUT2D eigenvalue weighted by molar-refractivity contribution is -0.146. The summed E-state index contributed by atoms with van der Waals surface area (Å²) in [6, 6.07) is 18.5. The number of aromatic amines is 1. The number of aliphatic hydroxyl groups excluding tert-OH is 2. The Morgan fingerprint density at radius 3 is 2.35 bits per heavy atom. The third kappa shape index (κ3) is 6.48. The van der Waals surface area contributed by atoms with E-state index < -0.39 is 30.4 Å². The minimum absolute atomic E-state index is 0.0210. The van der Waals surface area contributed by atoms with Crippen molar-refractivity contribution in [1.29, 1.82) is 0 Å². The number of nitrogens with one attached hydrogen (secondary N) is 3. The second-order valence-corrected chi connectivity index (χ2v) is 7.32. The predicted molar refractivity (Wildman–Crippen MR) is 121 cm³/mol. The van der Waals surface area contributed by atoms with Gasteiger partial charge in [0.1, 0.15) is 5.69 Å². The van der Waals surface area contributed by atoms with E-state index in [0.29, 0.717) is 0 Å². The van der Waals surface area contributed by atoms with Crippen LogP contribution in [-0.4, -0.2) is 74.1 Å². The Hall–Kier alpha value is -4.06. The Bertz CT molecular complexity index is 1120. The van der Waals surface area contributed by atoms with Crippen molar-refractivity contribution < 1.29 is 29.7 Å². The smallest absolute Gasteiger partial charge is 0.333 e. The van der Waals surface area contributed by atoms with E-state index in [-0.39, 0.29) is 31.1 Å². The van der Waals surface area contributed by atoms with E-state index in [4.69, 9.17) is 10.2 Å². The van der Waals surface area contributed by atoms with Gasteiger partial charge in [-0.15, -0.1) is 0 Å². The number of nitrogens with zero attached hydrogens (tertiary/aromatic N) is 2. The molecule has 2 aromatic carbocycles. The van der Waals surface area contributed by atoms with Gasteiger partial charge in [0.05, 0.1) is 19.7 Å². The van der Waals surface area contributed by atoms with Crippen LogP contribution >= 0.6 is 0 Å². The van der Waals surface area contributed by atoms with E-state index in [1.54, 1.807) is 0 Å². The molecule has 1 unspecified atom stereocenters. The lowest BCUT2D eigenvalue weighted by Crippen LogP contribution is -2.47. The van der Waals surface area contributed by atoms with Gasteiger partial charge in [0.15, 0.2) is 11.8 Å². The zero-order valence-electron chi connectivity index (χ0n) is 18.1. The highest BCUT2D eigenvalue weighted by molar-refractivity contribution is 5.97. The van der Waals surface area contributed by atoms with E-state index in [9.17, 15) is 19.5 Å². The number of hydrogen-bond donors (Lipinski definition) is 6. The molecule has 34 heavy (non-hydrogen) atoms. The SMILES string of the molecule is O=C(NCCO)c1cc(C(=O)N(Cc2ccc(-c3ccccc3)cc2)NCC(O)C(=O)O)[nH]n1. The van der Waals surface area contributed by atoms with Crippen molar-refractivity contribution >= 4 is 17.8 Å². The Morgan fingerprint density at radius 2 is 1.71 bits per heavy atom. The average Bonchev–Trinajstić information content (AvgIpc) is 3.36. The molecule has 0 saturated carbocycles. The van der Waals surface area contributed by atoms with Gasteiger partial charge in [-0.3, -0.25) is 19.7 Å². The highest BCUT2D eigenvalue weighted by Gasteiger charge is 2.23. The summed E-state index contributed by atoms with van der Waals surface area (Å²) in [6.07, 6.45) is -1.72. The first kappa shape index (κ1) is 24.6. The summed E-state index contributed by atoms with van der Waals surface area (Å²) in [6.45, 7) is -0.574. The Morgan fingerprint density at radius 1 is 1.03 bits per heavy atom. The molecule has 0 fully saturated rings. The number of rotatable bonds is 11. The first-order valence-electron chi connectivity index (χ1n) is 10.4. The fourth-order valence-electron chi connectivity index (χ4n) is 3.05. The molecule has 11 heteroatoms. The Kier molecular flexibility index (Phi) is 8.46. The number of carboxylic acids is 1. The molecule has 2 amide bonds. The number of benzene rings is 2. The molecule has 0 aliphatic rings. The van der Waals surface area contributed by atoms with Gasteiger partial charge in [-0.1, -0.05) is 54.6 Å². The van der Waals surface area contributed by atoms with Crippen molar-refractivity contribution in [3.05, 3.63) is 77.6 Å². The third-order valence-corrected chi connectivity index (χ3v) is 4.85. The molecular formula is C23H25N5O6. The van der Waals surface area contributed by atoms with E-state index in [0.717, 1.165) is 21.7 Å². The number of carbonyl (C=O) groups is 3. The number of hydrazine groups is 1. The highest BCUT2D eigenvalue weighted by atomic mass is 16.4. The maximum Gasteiger partial charge on any atom is 0.333 e. The second kappa shape index (κ2) is 11.7. The molecule has 0 bridgehead atoms. The third-order valence-electron chi connectivity index (χ3n) is 4.85. The zero-order chi connectivity index (χ0) is 24.5. The van der Waals surface area contributed by atoms with E-state index in [1.807, 2.05) is 54.6 Å². The Labute approximate surface area is 195 Å². The van der Waals surface area contributed by atoms with Crippen molar-refractivity contribution in [1.82, 2.24) is 25.9 Å². The molecule has 3 rings (SSSR count). The van der Waals surface area contributed by atoms with Crippen LogP contribution in [0.2, 0.25) is 0 Å². The van der Waals surface area contributed by atoms with Gasteiger partial charge in [-0.05, 0) is 16.7 Å². The predicted octanol–water partition coefficient (Wildman–Crippen LogP) is 0.391. The fourth-order valence-corrected chi connectivity index (χ4v) is 3.05. The Balaban J connectivity index is 1.76. The van der Waals surface area contributed by atoms with Crippen LogP contribution in [0.4, 0.5) is 0 Å². The number of carbonyl (C=O) groups excluding carboxylic acids is 2. The number of amides is 2. The van der Waals surface area contributed by atoms with Crippen LogP contribution < -0.4 is 10.7 Å². The van der Waals surface area contributed by atoms with Gasteiger partial charge in [0, 0.05) is 12.6 Å². The van der Waals surface area contributed by atoms with Crippen LogP contribution in [-0.2, 0) is 11.3 Å². The van der Waals surface area contributed by atoms with Gasteiger partial charge in [0.25, 0.3) is 11.8 Å². The van der Waals surface area contributed by atoms with E-state index in [2.05, 4.69) is 20.9 Å². The van der Waals surface area contributed by atoms with Crippen LogP contribution in [0.3, 0.4) is 0 Å². The summed E-state index contributed by atoms with van der Waals surface area (Å²) >= 11 is 0. The number of aliphatic hydroxyl groups is 2. The number of carboxylic acid groups (broad SMARTS) is 1. The monoisotopic (exact) mass is 467 g/mol. The molecule has 0 spiro atoms. The van der Waals surface area contributed by atoms with Crippen molar-refractivity contribution in [2.75, 3.05) is 19.7 Å². The first-order valence-corrected chi connectivity index (χ1v) is 10.4. The number of aliphatic carboxylic acids is 1. The molecule has 0 saturated heterocycles. The van der Waals surface area contributed by atoms with Crippen LogP contribution in [0.1, 0.15) is 26.5 Å². The largest absolute Gasteiger partial charge is 0.479 e. The van der Waals surface area contributed by atoms with Gasteiger partial charge < -0.3 is 20.6 Å². The standard InChI is InChI=1S/C23H25N5O6/c29-11-10-24-21(31)18-12-19(27-26-18)22(32)28(25-13-20(30)23(33)34)14-15-6-8-17(9-7-15)16-4-2-1-3-5-16/h1-9,12,20,25,29-30H,10-11,13-14H2,(H,24,31)(H,26,27)(H,33,34). The van der Waals surface area contributed by atoms with Gasteiger partial charge in [0.2, 0.25) is 0 Å². The summed E-state index contributed by atoms with van der Waals surface area (Å²) in [5.74, 6) is -2.61. The second-order valence-electron chi connectivity index (χ2n) is 7.32. The molecule has 3 aromatic rings. The maximum atomic E-state index is 13.1. The summed E-state index contributed by atoms with van der Waals surface area (Å²) in [5.41, 5.74) is 5.34. The molecule has 1 aromatic heterocycles. The molecule has 0 radical (unpaired) electrons. The summed E-state index contributed by atoms with van der Waals surface area (Å²) in [4.78, 5) is 36.0. The summed E-state index contributed by atoms with van der Waals surface area (Å²) in [5, 5.41) is 37.2. The van der Waals surface area contributed by atoms with E-state index in [1.165, 1.54) is 6.07 Å². The van der Waals surface area contributed by atoms with Crippen LogP contribution in [0.5, 0.6) is 0 Å². The van der Waals surface area contributed by atoms with Crippen LogP contribution in [0.15, 0.2) is 60.7 Å². The quantitative estimate of drug-likeness (QED) is 0.220. The van der Waals surface area contributed by atoms with Crippen LogP contribution in [0, 0.1) is 0 Å². The minimum Gasteiger partial charge on any atom is -0.479 e. The lowest BCUT2D eigenvalue weighted by atomic mass is 10.0. The van der Waals surface area contributed by atoms with Gasteiger partial charge in [-0.25, -0.2) is 10.2 Å². The topological polar surface area (TPSA) is 168 Å². The van der Waals surface area contributed by atoms with E-state index >= 15 is 0 Å². The average molecular weight is 467 g/mol. The number of aromatic nitrogens is 2. The molecular weight excluding hydrogens is 442 g/mol. The molecule has 1 atom stereocenters. The molecule has 178 valence electrons. The van der Waals surface area contributed by atoms with Crippen molar-refractivity contribution in [3.8, 4) is 11.1 Å². The normalized spacial score (nSPS) is 11.6. The molecule has 0 aliphatic heterocycles. The number of H-pyrrole nitrogens is 1. The number of hydrogen-bond acceptors (Lipinski definition) is 7. The summed E-state index contributed by atoms with van der Waals surface area (Å²) in [7, 11) is 0. The maximum absolute atomic E-state index is 13.1. The zero-order valence-corrected chi connectivity index (χ0v) is 18.1.